The highest BCUT2D eigenvalue weighted by molar-refractivity contribution is 6.32. The van der Waals surface area contributed by atoms with Crippen molar-refractivity contribution in [2.45, 2.75) is 13.0 Å². The summed E-state index contributed by atoms with van der Waals surface area (Å²) in [6, 6.07) is 12.5. The number of benzene rings is 1. The Kier molecular flexibility index (Phi) is 5.21. The van der Waals surface area contributed by atoms with Crippen molar-refractivity contribution in [3.05, 3.63) is 75.6 Å². The van der Waals surface area contributed by atoms with Gasteiger partial charge in [-0.05, 0) is 31.2 Å². The third-order valence-corrected chi connectivity index (χ3v) is 4.05. The predicted octanol–water partition coefficient (Wildman–Crippen LogP) is 3.59. The van der Waals surface area contributed by atoms with Crippen LogP contribution in [0.2, 0.25) is 5.02 Å². The van der Waals surface area contributed by atoms with Crippen LogP contribution in [0.1, 0.15) is 17.6 Å². The Hall–Kier alpha value is -2.57. The van der Waals surface area contributed by atoms with Crippen molar-refractivity contribution in [1.29, 1.82) is 0 Å². The van der Waals surface area contributed by atoms with Crippen molar-refractivity contribution in [2.24, 2.45) is 0 Å². The van der Waals surface area contributed by atoms with Crippen LogP contribution in [0, 0.1) is 6.92 Å². The standard InChI is InChI=1S/C18H18ClN3O3/c1-12-8-9-16(25-12)15(11-24-2)21-14-10-20-22(18(23)17(14)19)13-6-4-3-5-7-13/h3-10,15,21H,11H2,1-2H3. The molecule has 7 heteroatoms. The van der Waals surface area contributed by atoms with E-state index in [2.05, 4.69) is 10.4 Å². The molecule has 1 aromatic carbocycles. The van der Waals surface area contributed by atoms with E-state index in [0.717, 1.165) is 5.76 Å². The Labute approximate surface area is 150 Å². The van der Waals surface area contributed by atoms with Crippen molar-refractivity contribution in [3.8, 4) is 5.69 Å². The molecular formula is C18H18ClN3O3. The molecule has 3 rings (SSSR count). The summed E-state index contributed by atoms with van der Waals surface area (Å²) in [6.07, 6.45) is 1.52. The van der Waals surface area contributed by atoms with Gasteiger partial charge in [-0.1, -0.05) is 29.8 Å². The van der Waals surface area contributed by atoms with E-state index in [1.807, 2.05) is 37.3 Å². The topological polar surface area (TPSA) is 69.3 Å². The predicted molar refractivity (Wildman–Crippen MR) is 96.5 cm³/mol. The minimum atomic E-state index is -0.398. The molecule has 2 heterocycles. The van der Waals surface area contributed by atoms with Crippen molar-refractivity contribution in [2.75, 3.05) is 19.0 Å². The van der Waals surface area contributed by atoms with Gasteiger partial charge in [0.25, 0.3) is 5.56 Å². The lowest BCUT2D eigenvalue weighted by Gasteiger charge is -2.18. The van der Waals surface area contributed by atoms with E-state index in [4.69, 9.17) is 20.8 Å². The number of hydrogen-bond acceptors (Lipinski definition) is 5. The highest BCUT2D eigenvalue weighted by Crippen LogP contribution is 2.25. The lowest BCUT2D eigenvalue weighted by atomic mass is 10.2. The first-order valence-corrected chi connectivity index (χ1v) is 8.13. The molecule has 1 N–H and O–H groups in total. The number of ether oxygens (including phenoxy) is 1. The zero-order valence-corrected chi connectivity index (χ0v) is 14.7. The van der Waals surface area contributed by atoms with Gasteiger partial charge >= 0.3 is 0 Å². The minimum Gasteiger partial charge on any atom is -0.464 e. The minimum absolute atomic E-state index is 0.0586. The summed E-state index contributed by atoms with van der Waals surface area (Å²) < 4.78 is 12.1. The fourth-order valence-corrected chi connectivity index (χ4v) is 2.66. The van der Waals surface area contributed by atoms with Crippen LogP contribution in [0.5, 0.6) is 0 Å². The molecule has 0 spiro atoms. The number of furan rings is 1. The molecule has 0 bridgehead atoms. The Morgan fingerprint density at radius 1 is 1.28 bits per heavy atom. The monoisotopic (exact) mass is 359 g/mol. The first-order chi connectivity index (χ1) is 12.1. The molecule has 2 aromatic heterocycles. The number of halogens is 1. The van der Waals surface area contributed by atoms with E-state index in [1.54, 1.807) is 19.2 Å². The van der Waals surface area contributed by atoms with Gasteiger partial charge in [-0.15, -0.1) is 0 Å². The van der Waals surface area contributed by atoms with Gasteiger partial charge in [0.05, 0.1) is 24.2 Å². The Morgan fingerprint density at radius 3 is 2.68 bits per heavy atom. The maximum absolute atomic E-state index is 12.5. The Morgan fingerprint density at radius 2 is 2.04 bits per heavy atom. The molecule has 0 saturated carbocycles. The number of rotatable bonds is 6. The van der Waals surface area contributed by atoms with E-state index in [1.165, 1.54) is 10.9 Å². The summed E-state index contributed by atoms with van der Waals surface area (Å²) in [5, 5.41) is 7.44. The van der Waals surface area contributed by atoms with Crippen LogP contribution in [-0.2, 0) is 4.74 Å². The fourth-order valence-electron chi connectivity index (χ4n) is 2.48. The summed E-state index contributed by atoms with van der Waals surface area (Å²) in [6.45, 7) is 2.22. The van der Waals surface area contributed by atoms with E-state index < -0.39 is 5.56 Å². The third-order valence-electron chi connectivity index (χ3n) is 3.69. The summed E-state index contributed by atoms with van der Waals surface area (Å²) in [4.78, 5) is 12.5. The molecule has 0 radical (unpaired) electrons. The molecule has 0 aliphatic rings. The SMILES string of the molecule is COCC(Nc1cnn(-c2ccccc2)c(=O)c1Cl)c1ccc(C)o1. The van der Waals surface area contributed by atoms with E-state index >= 15 is 0 Å². The molecule has 0 saturated heterocycles. The maximum atomic E-state index is 12.5. The molecular weight excluding hydrogens is 342 g/mol. The molecule has 6 nitrogen and oxygen atoms in total. The summed E-state index contributed by atoms with van der Waals surface area (Å²) in [7, 11) is 1.59. The average Bonchev–Trinajstić information content (AvgIpc) is 3.05. The van der Waals surface area contributed by atoms with Crippen LogP contribution < -0.4 is 10.9 Å². The number of anilines is 1. The average molecular weight is 360 g/mol. The van der Waals surface area contributed by atoms with Crippen LogP contribution in [0.3, 0.4) is 0 Å². The largest absolute Gasteiger partial charge is 0.464 e. The second-order valence-corrected chi connectivity index (χ2v) is 5.90. The number of nitrogens with one attached hydrogen (secondary N) is 1. The first kappa shape index (κ1) is 17.3. The van der Waals surface area contributed by atoms with Gasteiger partial charge in [0, 0.05) is 7.11 Å². The highest BCUT2D eigenvalue weighted by Gasteiger charge is 2.18. The molecule has 0 aliphatic heterocycles. The second kappa shape index (κ2) is 7.55. The number of nitrogens with zero attached hydrogens (tertiary/aromatic N) is 2. The van der Waals surface area contributed by atoms with Gasteiger partial charge in [-0.3, -0.25) is 4.79 Å². The molecule has 0 aliphatic carbocycles. The lowest BCUT2D eigenvalue weighted by Crippen LogP contribution is -2.24. The molecule has 1 unspecified atom stereocenters. The van der Waals surface area contributed by atoms with Crippen molar-refractivity contribution in [3.63, 3.8) is 0 Å². The van der Waals surface area contributed by atoms with Crippen molar-refractivity contribution < 1.29 is 9.15 Å². The van der Waals surface area contributed by atoms with Crippen molar-refractivity contribution in [1.82, 2.24) is 9.78 Å². The first-order valence-electron chi connectivity index (χ1n) is 7.75. The molecule has 3 aromatic rings. The third kappa shape index (κ3) is 3.75. The van der Waals surface area contributed by atoms with E-state index in [-0.39, 0.29) is 11.1 Å². The van der Waals surface area contributed by atoms with E-state index in [0.29, 0.717) is 23.7 Å². The van der Waals surface area contributed by atoms with Gasteiger partial charge in [0.2, 0.25) is 0 Å². The number of aryl methyl sites for hydroxylation is 1. The summed E-state index contributed by atoms with van der Waals surface area (Å²) in [5.41, 5.74) is 0.677. The number of aromatic nitrogens is 2. The van der Waals surface area contributed by atoms with Crippen LogP contribution in [-0.4, -0.2) is 23.5 Å². The second-order valence-electron chi connectivity index (χ2n) is 5.53. The van der Waals surface area contributed by atoms with Crippen LogP contribution in [0.4, 0.5) is 5.69 Å². The van der Waals surface area contributed by atoms with Gasteiger partial charge < -0.3 is 14.5 Å². The molecule has 0 fully saturated rings. The smallest absolute Gasteiger partial charge is 0.292 e. The van der Waals surface area contributed by atoms with Crippen molar-refractivity contribution >= 4 is 17.3 Å². The van der Waals surface area contributed by atoms with Crippen LogP contribution in [0.15, 0.2) is 57.9 Å². The van der Waals surface area contributed by atoms with Gasteiger partial charge in [-0.2, -0.15) is 9.78 Å². The van der Waals surface area contributed by atoms with Gasteiger partial charge in [0.1, 0.15) is 22.6 Å². The van der Waals surface area contributed by atoms with Gasteiger partial charge in [0.15, 0.2) is 0 Å². The summed E-state index contributed by atoms with van der Waals surface area (Å²) >= 11 is 6.28. The molecule has 0 amide bonds. The normalized spacial score (nSPS) is 12.1. The van der Waals surface area contributed by atoms with Crippen LogP contribution >= 0.6 is 11.6 Å². The maximum Gasteiger partial charge on any atom is 0.292 e. The van der Waals surface area contributed by atoms with E-state index in [9.17, 15) is 4.79 Å². The summed E-state index contributed by atoms with van der Waals surface area (Å²) in [5.74, 6) is 1.49. The number of hydrogen-bond donors (Lipinski definition) is 1. The zero-order valence-electron chi connectivity index (χ0n) is 13.9. The number of para-hydroxylation sites is 1. The lowest BCUT2D eigenvalue weighted by molar-refractivity contribution is 0.178. The zero-order chi connectivity index (χ0) is 17.8. The Bertz CT molecular complexity index is 905. The molecule has 1 atom stereocenters. The van der Waals surface area contributed by atoms with Crippen LogP contribution in [0.25, 0.3) is 5.69 Å². The number of methoxy groups -OCH3 is 1. The fraction of sp³-hybridized carbons (Fsp3) is 0.222. The highest BCUT2D eigenvalue weighted by atomic mass is 35.5. The molecule has 25 heavy (non-hydrogen) atoms. The Balaban J connectivity index is 1.92. The van der Waals surface area contributed by atoms with Gasteiger partial charge in [-0.25, -0.2) is 0 Å². The molecule has 130 valence electrons. The quantitative estimate of drug-likeness (QED) is 0.728.